The van der Waals surface area contributed by atoms with Crippen LogP contribution in [0.25, 0.3) is 11.1 Å². The van der Waals surface area contributed by atoms with Gasteiger partial charge in [0.15, 0.2) is 0 Å². The van der Waals surface area contributed by atoms with Crippen molar-refractivity contribution in [3.8, 4) is 0 Å². The van der Waals surface area contributed by atoms with E-state index in [0.29, 0.717) is 39.0 Å². The molecule has 184 valence electrons. The third kappa shape index (κ3) is 4.09. The summed E-state index contributed by atoms with van der Waals surface area (Å²) in [7, 11) is 0. The predicted octanol–water partition coefficient (Wildman–Crippen LogP) is 5.20. The first-order chi connectivity index (χ1) is 17.5. The lowest BCUT2D eigenvalue weighted by Crippen LogP contribution is -2.46. The number of fused-ring (bicyclic) bond motifs is 1. The Kier molecular flexibility index (Phi) is 7.34. The Bertz CT molecular complexity index is 1300. The number of rotatable bonds is 8. The minimum absolute atomic E-state index is 0.0951. The molecule has 0 N–H and O–H groups in total. The summed E-state index contributed by atoms with van der Waals surface area (Å²) >= 11 is 0. The van der Waals surface area contributed by atoms with Gasteiger partial charge in [-0.2, -0.15) is 0 Å². The van der Waals surface area contributed by atoms with Crippen LogP contribution < -0.4 is 0 Å². The lowest BCUT2D eigenvalue weighted by atomic mass is 9.74. The van der Waals surface area contributed by atoms with Gasteiger partial charge >= 0.3 is 17.9 Å². The fourth-order valence-electron chi connectivity index (χ4n) is 4.75. The maximum atomic E-state index is 13.8. The van der Waals surface area contributed by atoms with Gasteiger partial charge in [-0.15, -0.1) is 0 Å². The van der Waals surface area contributed by atoms with E-state index in [1.165, 1.54) is 0 Å². The molecule has 0 heterocycles. The Morgan fingerprint density at radius 3 is 1.89 bits per heavy atom. The van der Waals surface area contributed by atoms with Crippen molar-refractivity contribution < 1.29 is 28.6 Å². The second-order valence-corrected chi connectivity index (χ2v) is 8.15. The molecule has 3 aromatic carbocycles. The van der Waals surface area contributed by atoms with Crippen LogP contribution in [0.1, 0.15) is 53.4 Å². The monoisotopic (exact) mass is 484 g/mol. The number of benzene rings is 3. The van der Waals surface area contributed by atoms with E-state index in [1.54, 1.807) is 51.1 Å². The second kappa shape index (κ2) is 10.6. The molecule has 0 saturated heterocycles. The van der Waals surface area contributed by atoms with E-state index in [4.69, 9.17) is 14.2 Å². The summed E-state index contributed by atoms with van der Waals surface area (Å²) in [6.45, 7) is 5.59. The van der Waals surface area contributed by atoms with E-state index >= 15 is 0 Å². The number of carbonyl (C=O) groups excluding carboxylic acids is 3. The van der Waals surface area contributed by atoms with Gasteiger partial charge in [0.05, 0.1) is 25.4 Å². The molecule has 4 rings (SSSR count). The zero-order chi connectivity index (χ0) is 25.7. The Balaban J connectivity index is 2.13. The first-order valence-electron chi connectivity index (χ1n) is 12.0. The van der Waals surface area contributed by atoms with Crippen LogP contribution in [0, 0.1) is 0 Å². The molecule has 6 nitrogen and oxygen atoms in total. The maximum Gasteiger partial charge on any atom is 0.338 e. The van der Waals surface area contributed by atoms with Gasteiger partial charge < -0.3 is 14.2 Å². The number of carbonyl (C=O) groups is 3. The minimum Gasteiger partial charge on any atom is -0.465 e. The molecule has 0 fully saturated rings. The molecular formula is C30H28O6. The summed E-state index contributed by atoms with van der Waals surface area (Å²) < 4.78 is 16.3. The Morgan fingerprint density at radius 1 is 0.667 bits per heavy atom. The van der Waals surface area contributed by atoms with Crippen LogP contribution >= 0.6 is 0 Å². The number of esters is 3. The maximum absolute atomic E-state index is 13.8. The molecule has 0 unspecified atom stereocenters. The van der Waals surface area contributed by atoms with E-state index in [2.05, 4.69) is 0 Å². The standard InChI is InChI=1S/C30H28O6/c1-4-34-27(31)22-16-12-15-21(19-22)25-23-17-10-11-18-24(23)30(28(32)35-5-2,29(33)36-6-3)26(25)20-13-8-7-9-14-20/h7-19H,4-6H2,1-3H3. The highest BCUT2D eigenvalue weighted by atomic mass is 16.6. The first-order valence-corrected chi connectivity index (χ1v) is 12.0. The van der Waals surface area contributed by atoms with Gasteiger partial charge in [0, 0.05) is 5.57 Å². The Hall–Kier alpha value is -4.19. The van der Waals surface area contributed by atoms with Crippen molar-refractivity contribution in [2.45, 2.75) is 26.2 Å². The highest BCUT2D eigenvalue weighted by Gasteiger charge is 2.59. The molecule has 6 heteroatoms. The fraction of sp³-hybridized carbons (Fsp3) is 0.233. The molecule has 0 bridgehead atoms. The van der Waals surface area contributed by atoms with Crippen LogP contribution in [0.5, 0.6) is 0 Å². The Labute approximate surface area is 210 Å². The number of hydrogen-bond acceptors (Lipinski definition) is 6. The molecule has 0 saturated carbocycles. The van der Waals surface area contributed by atoms with Crippen LogP contribution in [0.4, 0.5) is 0 Å². The molecular weight excluding hydrogens is 456 g/mol. The fourth-order valence-corrected chi connectivity index (χ4v) is 4.75. The van der Waals surface area contributed by atoms with E-state index in [9.17, 15) is 14.4 Å². The molecule has 3 aromatic rings. The average Bonchev–Trinajstić information content (AvgIpc) is 3.22. The molecule has 0 amide bonds. The predicted molar refractivity (Wildman–Crippen MR) is 136 cm³/mol. The van der Waals surface area contributed by atoms with Gasteiger partial charge in [0.25, 0.3) is 0 Å². The third-order valence-electron chi connectivity index (χ3n) is 6.11. The van der Waals surface area contributed by atoms with Crippen molar-refractivity contribution in [2.24, 2.45) is 0 Å². The van der Waals surface area contributed by atoms with E-state index in [-0.39, 0.29) is 19.8 Å². The van der Waals surface area contributed by atoms with Crippen LogP contribution in [0.3, 0.4) is 0 Å². The summed E-state index contributed by atoms with van der Waals surface area (Å²) in [5.74, 6) is -1.85. The largest absolute Gasteiger partial charge is 0.465 e. The molecule has 0 aromatic heterocycles. The van der Waals surface area contributed by atoms with Gasteiger partial charge in [-0.25, -0.2) is 4.79 Å². The highest BCUT2D eigenvalue weighted by molar-refractivity contribution is 6.27. The molecule has 0 atom stereocenters. The van der Waals surface area contributed by atoms with E-state index in [0.717, 1.165) is 0 Å². The zero-order valence-electron chi connectivity index (χ0n) is 20.6. The van der Waals surface area contributed by atoms with E-state index < -0.39 is 23.3 Å². The van der Waals surface area contributed by atoms with Crippen LogP contribution in [0.15, 0.2) is 78.9 Å². The molecule has 1 aliphatic rings. The molecule has 0 aliphatic heterocycles. The van der Waals surface area contributed by atoms with Crippen LogP contribution in [0.2, 0.25) is 0 Å². The summed E-state index contributed by atoms with van der Waals surface area (Å²) in [5, 5.41) is 0. The quantitative estimate of drug-likeness (QED) is 0.248. The van der Waals surface area contributed by atoms with Gasteiger partial charge in [-0.1, -0.05) is 66.7 Å². The summed E-state index contributed by atoms with van der Waals surface area (Å²) in [5.41, 5.74) is 2.17. The number of hydrogen-bond donors (Lipinski definition) is 0. The van der Waals surface area contributed by atoms with Crippen molar-refractivity contribution in [3.05, 3.63) is 107 Å². The lowest BCUT2D eigenvalue weighted by Gasteiger charge is -2.29. The molecule has 36 heavy (non-hydrogen) atoms. The number of ether oxygens (including phenoxy) is 3. The molecule has 0 radical (unpaired) electrons. The minimum atomic E-state index is -1.83. The van der Waals surface area contributed by atoms with Gasteiger partial charge in [-0.3, -0.25) is 9.59 Å². The van der Waals surface area contributed by atoms with Crippen molar-refractivity contribution >= 4 is 29.1 Å². The summed E-state index contributed by atoms with van der Waals surface area (Å²) in [4.78, 5) is 40.2. The second-order valence-electron chi connectivity index (χ2n) is 8.15. The SMILES string of the molecule is CCOC(=O)c1cccc(C2=C(c3ccccc3)C(C(=O)OCC)(C(=O)OCC)c3ccccc32)c1. The van der Waals surface area contributed by atoms with Crippen LogP contribution in [-0.2, 0) is 29.2 Å². The van der Waals surface area contributed by atoms with Crippen molar-refractivity contribution in [1.82, 2.24) is 0 Å². The van der Waals surface area contributed by atoms with Crippen molar-refractivity contribution in [3.63, 3.8) is 0 Å². The van der Waals surface area contributed by atoms with Crippen LogP contribution in [-0.4, -0.2) is 37.7 Å². The van der Waals surface area contributed by atoms with Gasteiger partial charge in [0.2, 0.25) is 5.41 Å². The highest BCUT2D eigenvalue weighted by Crippen LogP contribution is 2.54. The summed E-state index contributed by atoms with van der Waals surface area (Å²) in [6, 6.07) is 23.5. The van der Waals surface area contributed by atoms with Gasteiger partial charge in [0.1, 0.15) is 0 Å². The molecule has 1 aliphatic carbocycles. The zero-order valence-corrected chi connectivity index (χ0v) is 20.6. The van der Waals surface area contributed by atoms with Gasteiger partial charge in [-0.05, 0) is 60.7 Å². The average molecular weight is 485 g/mol. The first kappa shape index (κ1) is 24.9. The lowest BCUT2D eigenvalue weighted by molar-refractivity contribution is -0.161. The smallest absolute Gasteiger partial charge is 0.338 e. The van der Waals surface area contributed by atoms with Crippen molar-refractivity contribution in [1.29, 1.82) is 0 Å². The topological polar surface area (TPSA) is 78.9 Å². The Morgan fingerprint density at radius 2 is 1.25 bits per heavy atom. The normalized spacial score (nSPS) is 13.6. The molecule has 0 spiro atoms. The van der Waals surface area contributed by atoms with E-state index in [1.807, 2.05) is 48.5 Å². The third-order valence-corrected chi connectivity index (χ3v) is 6.11. The summed E-state index contributed by atoms with van der Waals surface area (Å²) in [6.07, 6.45) is 0. The van der Waals surface area contributed by atoms with Crippen molar-refractivity contribution in [2.75, 3.05) is 19.8 Å².